The molecular weight excluding hydrogens is 400 g/mol. The highest BCUT2D eigenvalue weighted by molar-refractivity contribution is 5.94. The zero-order valence-corrected chi connectivity index (χ0v) is 16.6. The Kier molecular flexibility index (Phi) is 4.90. The topological polar surface area (TPSA) is 77.2 Å². The number of benzene rings is 2. The van der Waals surface area contributed by atoms with Gasteiger partial charge in [-0.15, -0.1) is 0 Å². The average molecular weight is 421 g/mol. The van der Waals surface area contributed by atoms with E-state index in [0.29, 0.717) is 11.5 Å². The van der Waals surface area contributed by atoms with E-state index in [4.69, 9.17) is 10.5 Å². The van der Waals surface area contributed by atoms with Crippen molar-refractivity contribution in [2.75, 3.05) is 11.1 Å². The van der Waals surface area contributed by atoms with E-state index in [2.05, 4.69) is 10.3 Å². The first-order valence-electron chi connectivity index (χ1n) is 10.2. The summed E-state index contributed by atoms with van der Waals surface area (Å²) in [7, 11) is 0. The Bertz CT molecular complexity index is 1150. The highest BCUT2D eigenvalue weighted by atomic mass is 19.1. The molecule has 158 valence electrons. The standard InChI is InChI=1S/C24H21F2N3O2/c25-17-4-2-1-3-15(17)16-6-5-14(12-18(16)26)29-24(30)23-20-8-7-19(31-20)22(23)13-9-10-28-21(27)11-13/h1-6,9-12,19-20,22-23H,7-8H2,(H2,27,28)(H,29,30)/t19-,20+,22-,23-/m0/s1. The summed E-state index contributed by atoms with van der Waals surface area (Å²) in [4.78, 5) is 17.2. The van der Waals surface area contributed by atoms with Crippen molar-refractivity contribution in [1.82, 2.24) is 4.98 Å². The molecule has 2 fully saturated rings. The van der Waals surface area contributed by atoms with Crippen molar-refractivity contribution in [2.45, 2.75) is 31.0 Å². The van der Waals surface area contributed by atoms with Crippen molar-refractivity contribution in [1.29, 1.82) is 0 Å². The molecule has 5 nitrogen and oxygen atoms in total. The highest BCUT2D eigenvalue weighted by Crippen LogP contribution is 2.49. The van der Waals surface area contributed by atoms with E-state index in [1.54, 1.807) is 30.5 Å². The largest absolute Gasteiger partial charge is 0.384 e. The number of nitrogen functional groups attached to an aromatic ring is 1. The van der Waals surface area contributed by atoms with Gasteiger partial charge in [0.25, 0.3) is 0 Å². The summed E-state index contributed by atoms with van der Waals surface area (Å²) in [6, 6.07) is 13.9. The van der Waals surface area contributed by atoms with E-state index in [1.807, 2.05) is 6.07 Å². The first-order valence-corrected chi connectivity index (χ1v) is 10.2. The summed E-state index contributed by atoms with van der Waals surface area (Å²) in [5.41, 5.74) is 7.39. The maximum Gasteiger partial charge on any atom is 0.230 e. The number of carbonyl (C=O) groups is 1. The molecular formula is C24H21F2N3O2. The van der Waals surface area contributed by atoms with Crippen LogP contribution in [0.3, 0.4) is 0 Å². The number of rotatable bonds is 4. The Morgan fingerprint density at radius 3 is 2.55 bits per heavy atom. The summed E-state index contributed by atoms with van der Waals surface area (Å²) in [5.74, 6) is -1.49. The lowest BCUT2D eigenvalue weighted by Crippen LogP contribution is -2.36. The Morgan fingerprint density at radius 2 is 1.77 bits per heavy atom. The zero-order chi connectivity index (χ0) is 21.5. The number of carbonyl (C=O) groups excluding carboxylic acids is 1. The van der Waals surface area contributed by atoms with Crippen LogP contribution in [-0.2, 0) is 9.53 Å². The van der Waals surface area contributed by atoms with Crippen LogP contribution in [0.25, 0.3) is 11.1 Å². The van der Waals surface area contributed by atoms with Gasteiger partial charge in [-0.2, -0.15) is 0 Å². The molecule has 3 heterocycles. The van der Waals surface area contributed by atoms with Crippen molar-refractivity contribution >= 4 is 17.4 Å². The third-order valence-electron chi connectivity index (χ3n) is 6.17. The number of amides is 1. The van der Waals surface area contributed by atoms with Crippen LogP contribution in [0.15, 0.2) is 60.8 Å². The predicted molar refractivity (Wildman–Crippen MR) is 113 cm³/mol. The molecule has 0 saturated carbocycles. The number of anilines is 2. The first kappa shape index (κ1) is 19.6. The van der Waals surface area contributed by atoms with E-state index in [-0.39, 0.29) is 35.2 Å². The third-order valence-corrected chi connectivity index (χ3v) is 6.17. The Labute approximate surface area is 178 Å². The van der Waals surface area contributed by atoms with Crippen LogP contribution in [0.5, 0.6) is 0 Å². The minimum Gasteiger partial charge on any atom is -0.384 e. The summed E-state index contributed by atoms with van der Waals surface area (Å²) in [6.45, 7) is 0. The molecule has 0 radical (unpaired) electrons. The van der Waals surface area contributed by atoms with Gasteiger partial charge in [0, 0.05) is 28.9 Å². The van der Waals surface area contributed by atoms with Crippen molar-refractivity contribution in [3.63, 3.8) is 0 Å². The van der Waals surface area contributed by atoms with E-state index >= 15 is 0 Å². The van der Waals surface area contributed by atoms with E-state index < -0.39 is 17.6 Å². The quantitative estimate of drug-likeness (QED) is 0.650. The second kappa shape index (κ2) is 7.74. The molecule has 0 unspecified atom stereocenters. The average Bonchev–Trinajstić information content (AvgIpc) is 3.36. The molecule has 2 aliphatic heterocycles. The Balaban J connectivity index is 1.39. The Morgan fingerprint density at radius 1 is 1.00 bits per heavy atom. The van der Waals surface area contributed by atoms with Crippen molar-refractivity contribution < 1.29 is 18.3 Å². The van der Waals surface area contributed by atoms with Gasteiger partial charge in [0.1, 0.15) is 17.5 Å². The lowest BCUT2D eigenvalue weighted by molar-refractivity contribution is -0.121. The number of nitrogens with zero attached hydrogens (tertiary/aromatic N) is 1. The van der Waals surface area contributed by atoms with Crippen LogP contribution in [0.1, 0.15) is 24.3 Å². The van der Waals surface area contributed by atoms with Crippen LogP contribution >= 0.6 is 0 Å². The number of nitrogens with two attached hydrogens (primary N) is 1. The predicted octanol–water partition coefficient (Wildman–Crippen LogP) is 4.51. The van der Waals surface area contributed by atoms with Crippen LogP contribution in [0, 0.1) is 17.6 Å². The number of halogens is 2. The number of fused-ring (bicyclic) bond motifs is 2. The maximum atomic E-state index is 14.7. The van der Waals surface area contributed by atoms with Gasteiger partial charge in [0.05, 0.1) is 18.1 Å². The summed E-state index contributed by atoms with van der Waals surface area (Å²) in [6.07, 6.45) is 3.07. The zero-order valence-electron chi connectivity index (χ0n) is 16.6. The van der Waals surface area contributed by atoms with Gasteiger partial charge in [-0.25, -0.2) is 13.8 Å². The summed E-state index contributed by atoms with van der Waals surface area (Å²) in [5, 5.41) is 2.82. The van der Waals surface area contributed by atoms with Crippen LogP contribution in [0.2, 0.25) is 0 Å². The van der Waals surface area contributed by atoms with Crippen molar-refractivity contribution in [2.24, 2.45) is 5.92 Å². The van der Waals surface area contributed by atoms with Gasteiger partial charge in [-0.05, 0) is 54.8 Å². The summed E-state index contributed by atoms with van der Waals surface area (Å²) < 4.78 is 34.8. The van der Waals surface area contributed by atoms with Crippen LogP contribution < -0.4 is 11.1 Å². The van der Waals surface area contributed by atoms with Crippen LogP contribution in [0.4, 0.5) is 20.3 Å². The normalized spacial score (nSPS) is 24.3. The molecule has 7 heteroatoms. The number of hydrogen-bond donors (Lipinski definition) is 2. The number of pyridine rings is 1. The van der Waals surface area contributed by atoms with Gasteiger partial charge in [0.15, 0.2) is 0 Å². The molecule has 3 aromatic rings. The van der Waals surface area contributed by atoms with E-state index in [9.17, 15) is 13.6 Å². The monoisotopic (exact) mass is 421 g/mol. The smallest absolute Gasteiger partial charge is 0.230 e. The maximum absolute atomic E-state index is 14.7. The minimum atomic E-state index is -0.606. The fourth-order valence-electron chi connectivity index (χ4n) is 4.82. The number of hydrogen-bond acceptors (Lipinski definition) is 4. The lowest BCUT2D eigenvalue weighted by atomic mass is 9.75. The van der Waals surface area contributed by atoms with E-state index in [1.165, 1.54) is 24.3 Å². The Hall–Kier alpha value is -3.32. The summed E-state index contributed by atoms with van der Waals surface area (Å²) >= 11 is 0. The van der Waals surface area contributed by atoms with Gasteiger partial charge in [-0.3, -0.25) is 4.79 Å². The molecule has 0 aliphatic carbocycles. The van der Waals surface area contributed by atoms with Gasteiger partial charge in [0.2, 0.25) is 5.91 Å². The fraction of sp³-hybridized carbons (Fsp3) is 0.250. The van der Waals surface area contributed by atoms with Crippen LogP contribution in [-0.4, -0.2) is 23.1 Å². The molecule has 1 amide bonds. The molecule has 2 saturated heterocycles. The van der Waals surface area contributed by atoms with Crippen molar-refractivity contribution in [3.8, 4) is 11.1 Å². The fourth-order valence-corrected chi connectivity index (χ4v) is 4.82. The molecule has 2 aliphatic rings. The lowest BCUT2D eigenvalue weighted by Gasteiger charge is -2.27. The molecule has 2 aromatic carbocycles. The van der Waals surface area contributed by atoms with Gasteiger partial charge < -0.3 is 15.8 Å². The molecule has 3 N–H and O–H groups in total. The second-order valence-electron chi connectivity index (χ2n) is 8.02. The number of nitrogens with one attached hydrogen (secondary N) is 1. The molecule has 5 rings (SSSR count). The number of ether oxygens (including phenoxy) is 1. The highest BCUT2D eigenvalue weighted by Gasteiger charge is 2.52. The molecule has 0 spiro atoms. The van der Waals surface area contributed by atoms with E-state index in [0.717, 1.165) is 18.4 Å². The SMILES string of the molecule is Nc1cc([C@@H]2[C@@H](C(=O)Nc3ccc(-c4ccccc4F)c(F)c3)[C@H]3CC[C@@H]2O3)ccn1. The molecule has 31 heavy (non-hydrogen) atoms. The molecule has 4 atom stereocenters. The number of aromatic nitrogens is 1. The van der Waals surface area contributed by atoms with Crippen molar-refractivity contribution in [3.05, 3.63) is 78.0 Å². The first-order chi connectivity index (χ1) is 15.0. The third kappa shape index (κ3) is 3.55. The molecule has 2 bridgehead atoms. The molecule has 1 aromatic heterocycles. The minimum absolute atomic E-state index is 0.0530. The van der Waals surface area contributed by atoms with Gasteiger partial charge >= 0.3 is 0 Å². The van der Waals surface area contributed by atoms with Gasteiger partial charge in [-0.1, -0.05) is 18.2 Å². The second-order valence-corrected chi connectivity index (χ2v) is 8.02.